The molecule has 1 heterocycles. The van der Waals surface area contributed by atoms with E-state index in [-0.39, 0.29) is 17.6 Å². The minimum absolute atomic E-state index is 0.103. The summed E-state index contributed by atoms with van der Waals surface area (Å²) in [6, 6.07) is 10.8. The molecule has 5 heteroatoms. The third-order valence-corrected chi connectivity index (χ3v) is 4.65. The zero-order chi connectivity index (χ0) is 18.1. The fraction of sp³-hybridized carbons (Fsp3) is 0.300. The molecule has 0 radical (unpaired) electrons. The minimum atomic E-state index is -0.563. The van der Waals surface area contributed by atoms with Gasteiger partial charge in [0.1, 0.15) is 11.9 Å². The molecule has 0 aromatic heterocycles. The number of anilines is 1. The fourth-order valence-corrected chi connectivity index (χ4v) is 3.25. The molecule has 0 bridgehead atoms. The Morgan fingerprint density at radius 1 is 1.08 bits per heavy atom. The van der Waals surface area contributed by atoms with Crippen LogP contribution in [0.5, 0.6) is 0 Å². The van der Waals surface area contributed by atoms with E-state index in [0.717, 1.165) is 16.8 Å². The summed E-state index contributed by atoms with van der Waals surface area (Å²) in [5.74, 6) is -0.741. The van der Waals surface area contributed by atoms with Crippen LogP contribution < -0.4 is 4.90 Å². The topological polar surface area (TPSA) is 40.6 Å². The fourth-order valence-electron chi connectivity index (χ4n) is 3.25. The molecule has 0 N–H and O–H groups in total. The molecular formula is C20H21FN2O2. The second-order valence-corrected chi connectivity index (χ2v) is 6.46. The Morgan fingerprint density at radius 2 is 1.76 bits per heavy atom. The lowest BCUT2D eigenvalue weighted by Gasteiger charge is -2.39. The average Bonchev–Trinajstić information content (AvgIpc) is 2.58. The number of benzene rings is 2. The highest BCUT2D eigenvalue weighted by molar-refractivity contribution is 6.03. The number of nitrogens with zero attached hydrogens (tertiary/aromatic N) is 2. The number of piperazine rings is 1. The first-order valence-electron chi connectivity index (χ1n) is 8.33. The summed E-state index contributed by atoms with van der Waals surface area (Å²) < 4.78 is 13.1. The number of carbonyl (C=O) groups is 2. The maximum atomic E-state index is 13.1. The van der Waals surface area contributed by atoms with Gasteiger partial charge in [-0.15, -0.1) is 0 Å². The molecule has 25 heavy (non-hydrogen) atoms. The normalized spacial score (nSPS) is 17.8. The zero-order valence-electron chi connectivity index (χ0n) is 14.6. The summed E-state index contributed by atoms with van der Waals surface area (Å²) in [7, 11) is 0. The number of amides is 2. The van der Waals surface area contributed by atoms with Crippen LogP contribution in [-0.2, 0) is 4.79 Å². The van der Waals surface area contributed by atoms with E-state index in [0.29, 0.717) is 18.7 Å². The number of halogens is 1. The van der Waals surface area contributed by atoms with Crippen LogP contribution in [0.2, 0.25) is 0 Å². The van der Waals surface area contributed by atoms with Gasteiger partial charge in [0.15, 0.2) is 0 Å². The number of hydrogen-bond acceptors (Lipinski definition) is 2. The van der Waals surface area contributed by atoms with E-state index in [4.69, 9.17) is 0 Å². The standard InChI is InChI=1S/C20H21FN2O2/c1-13-4-9-18(14(2)12-13)23-11-10-22(15(3)19(23)24)20(25)16-5-7-17(21)8-6-16/h4-9,12,15H,10-11H2,1-3H3/t15-/m1/s1. The predicted octanol–water partition coefficient (Wildman–Crippen LogP) is 3.32. The molecule has 0 spiro atoms. The highest BCUT2D eigenvalue weighted by Crippen LogP contribution is 2.25. The molecule has 1 saturated heterocycles. The number of hydrogen-bond donors (Lipinski definition) is 0. The van der Waals surface area contributed by atoms with Crippen LogP contribution in [-0.4, -0.2) is 35.8 Å². The monoisotopic (exact) mass is 340 g/mol. The molecule has 0 saturated carbocycles. The molecule has 1 aliphatic rings. The minimum Gasteiger partial charge on any atom is -0.325 e. The highest BCUT2D eigenvalue weighted by atomic mass is 19.1. The second kappa shape index (κ2) is 6.67. The van der Waals surface area contributed by atoms with Crippen LogP contribution in [0.15, 0.2) is 42.5 Å². The molecule has 2 amide bonds. The Kier molecular flexibility index (Phi) is 4.57. The van der Waals surface area contributed by atoms with Gasteiger partial charge in [-0.2, -0.15) is 0 Å². The van der Waals surface area contributed by atoms with E-state index in [1.165, 1.54) is 24.3 Å². The van der Waals surface area contributed by atoms with Crippen LogP contribution in [0.1, 0.15) is 28.4 Å². The smallest absolute Gasteiger partial charge is 0.254 e. The van der Waals surface area contributed by atoms with Crippen molar-refractivity contribution < 1.29 is 14.0 Å². The molecule has 0 aliphatic carbocycles. The van der Waals surface area contributed by atoms with Gasteiger partial charge in [-0.3, -0.25) is 9.59 Å². The predicted molar refractivity (Wildman–Crippen MR) is 95.2 cm³/mol. The van der Waals surface area contributed by atoms with Crippen LogP contribution in [0.4, 0.5) is 10.1 Å². The quantitative estimate of drug-likeness (QED) is 0.841. The van der Waals surface area contributed by atoms with Gasteiger partial charge in [0.05, 0.1) is 0 Å². The molecule has 0 unspecified atom stereocenters. The summed E-state index contributed by atoms with van der Waals surface area (Å²) in [4.78, 5) is 28.8. The van der Waals surface area contributed by atoms with Gasteiger partial charge in [-0.1, -0.05) is 17.7 Å². The Bertz CT molecular complexity index is 817. The maximum Gasteiger partial charge on any atom is 0.254 e. The molecule has 130 valence electrons. The van der Waals surface area contributed by atoms with Gasteiger partial charge >= 0.3 is 0 Å². The van der Waals surface area contributed by atoms with Crippen molar-refractivity contribution in [2.75, 3.05) is 18.0 Å². The van der Waals surface area contributed by atoms with Gasteiger partial charge in [0.25, 0.3) is 5.91 Å². The zero-order valence-corrected chi connectivity index (χ0v) is 14.6. The van der Waals surface area contributed by atoms with Gasteiger partial charge in [-0.25, -0.2) is 4.39 Å². The average molecular weight is 340 g/mol. The Morgan fingerprint density at radius 3 is 2.40 bits per heavy atom. The molecule has 3 rings (SSSR count). The molecule has 2 aromatic carbocycles. The molecule has 4 nitrogen and oxygen atoms in total. The molecule has 2 aromatic rings. The van der Waals surface area contributed by atoms with Gasteiger partial charge in [0.2, 0.25) is 5.91 Å². The summed E-state index contributed by atoms with van der Waals surface area (Å²) >= 11 is 0. The first kappa shape index (κ1) is 17.1. The first-order valence-corrected chi connectivity index (χ1v) is 8.33. The van der Waals surface area contributed by atoms with Crippen molar-refractivity contribution >= 4 is 17.5 Å². The van der Waals surface area contributed by atoms with Crippen molar-refractivity contribution in [3.8, 4) is 0 Å². The SMILES string of the molecule is Cc1ccc(N2CCN(C(=O)c3ccc(F)cc3)[C@H](C)C2=O)c(C)c1. The lowest BCUT2D eigenvalue weighted by atomic mass is 10.1. The van der Waals surface area contributed by atoms with Crippen LogP contribution in [0, 0.1) is 19.7 Å². The molecular weight excluding hydrogens is 319 g/mol. The lowest BCUT2D eigenvalue weighted by molar-refractivity contribution is -0.124. The summed E-state index contributed by atoms with van der Waals surface area (Å²) in [6.45, 7) is 6.62. The molecule has 1 atom stereocenters. The van der Waals surface area contributed by atoms with Crippen molar-refractivity contribution in [1.29, 1.82) is 0 Å². The van der Waals surface area contributed by atoms with Crippen molar-refractivity contribution in [2.45, 2.75) is 26.8 Å². The first-order chi connectivity index (χ1) is 11.9. The van der Waals surface area contributed by atoms with Gasteiger partial charge in [0, 0.05) is 24.3 Å². The van der Waals surface area contributed by atoms with Crippen molar-refractivity contribution in [1.82, 2.24) is 4.90 Å². The number of aryl methyl sites for hydroxylation is 2. The highest BCUT2D eigenvalue weighted by Gasteiger charge is 2.35. The summed E-state index contributed by atoms with van der Waals surface area (Å²) in [5.41, 5.74) is 3.46. The third kappa shape index (κ3) is 3.27. The van der Waals surface area contributed by atoms with Crippen LogP contribution in [0.3, 0.4) is 0 Å². The van der Waals surface area contributed by atoms with Crippen molar-refractivity contribution in [2.24, 2.45) is 0 Å². The van der Waals surface area contributed by atoms with E-state index >= 15 is 0 Å². The Hall–Kier alpha value is -2.69. The number of rotatable bonds is 2. The maximum absolute atomic E-state index is 13.1. The summed E-state index contributed by atoms with van der Waals surface area (Å²) in [6.07, 6.45) is 0. The van der Waals surface area contributed by atoms with E-state index in [1.807, 2.05) is 32.0 Å². The largest absolute Gasteiger partial charge is 0.325 e. The van der Waals surface area contributed by atoms with Crippen LogP contribution >= 0.6 is 0 Å². The van der Waals surface area contributed by atoms with Crippen molar-refractivity contribution in [3.63, 3.8) is 0 Å². The van der Waals surface area contributed by atoms with Gasteiger partial charge < -0.3 is 9.80 Å². The van der Waals surface area contributed by atoms with E-state index < -0.39 is 6.04 Å². The molecule has 1 aliphatic heterocycles. The summed E-state index contributed by atoms with van der Waals surface area (Å²) in [5, 5.41) is 0. The Labute approximate surface area is 146 Å². The number of carbonyl (C=O) groups excluding carboxylic acids is 2. The molecule has 1 fully saturated rings. The Balaban J connectivity index is 1.81. The van der Waals surface area contributed by atoms with Crippen LogP contribution in [0.25, 0.3) is 0 Å². The lowest BCUT2D eigenvalue weighted by Crippen LogP contribution is -2.57. The van der Waals surface area contributed by atoms with E-state index in [1.54, 1.807) is 16.7 Å². The second-order valence-electron chi connectivity index (χ2n) is 6.46. The van der Waals surface area contributed by atoms with E-state index in [2.05, 4.69) is 0 Å². The third-order valence-electron chi connectivity index (χ3n) is 4.65. The van der Waals surface area contributed by atoms with Gasteiger partial charge in [-0.05, 0) is 56.7 Å². The van der Waals surface area contributed by atoms with E-state index in [9.17, 15) is 14.0 Å². The van der Waals surface area contributed by atoms with Crippen molar-refractivity contribution in [3.05, 3.63) is 65.0 Å².